The second kappa shape index (κ2) is 5.44. The quantitative estimate of drug-likeness (QED) is 0.724. The fraction of sp³-hybridized carbons (Fsp3) is 0.667. The van der Waals surface area contributed by atoms with Crippen LogP contribution in [-0.4, -0.2) is 36.4 Å². The summed E-state index contributed by atoms with van der Waals surface area (Å²) in [5.41, 5.74) is -3.23. The largest absolute Gasteiger partial charge is 0.488 e. The third-order valence-electron chi connectivity index (χ3n) is 4.66. The predicted octanol–water partition coefficient (Wildman–Crippen LogP) is 3.84. The first-order valence-corrected chi connectivity index (χ1v) is 7.76. The highest BCUT2D eigenvalue weighted by Crippen LogP contribution is 2.57. The number of ether oxygens (including phenoxy) is 3. The molecule has 1 saturated carbocycles. The van der Waals surface area contributed by atoms with Gasteiger partial charge in [-0.2, -0.15) is 13.2 Å². The maximum absolute atomic E-state index is 14.6. The molecule has 0 amide bonds. The van der Waals surface area contributed by atoms with E-state index in [9.17, 15) is 30.7 Å². The van der Waals surface area contributed by atoms with Crippen LogP contribution in [0.5, 0.6) is 5.75 Å². The second-order valence-corrected chi connectivity index (χ2v) is 6.43. The van der Waals surface area contributed by atoms with Gasteiger partial charge in [0.15, 0.2) is 18.0 Å². The monoisotopic (exact) mass is 387 g/mol. The van der Waals surface area contributed by atoms with Gasteiger partial charge in [0.25, 0.3) is 5.92 Å². The van der Waals surface area contributed by atoms with Crippen molar-refractivity contribution in [2.75, 3.05) is 13.2 Å². The third-order valence-corrected chi connectivity index (χ3v) is 4.66. The molecule has 0 radical (unpaired) electrons. The van der Waals surface area contributed by atoms with Crippen LogP contribution in [0.3, 0.4) is 0 Å². The summed E-state index contributed by atoms with van der Waals surface area (Å²) in [7, 11) is 0. The van der Waals surface area contributed by atoms with E-state index in [4.69, 9.17) is 14.2 Å². The second-order valence-electron chi connectivity index (χ2n) is 6.43. The van der Waals surface area contributed by atoms with Crippen molar-refractivity contribution in [3.05, 3.63) is 23.0 Å². The van der Waals surface area contributed by atoms with Gasteiger partial charge in [0, 0.05) is 18.4 Å². The zero-order valence-electron chi connectivity index (χ0n) is 13.0. The molecule has 2 aliphatic carbocycles. The molecule has 0 N–H and O–H groups in total. The lowest BCUT2D eigenvalue weighted by atomic mass is 9.91. The molecule has 1 aliphatic heterocycles. The Hall–Kier alpha value is -1.62. The lowest BCUT2D eigenvalue weighted by Crippen LogP contribution is -2.43. The van der Waals surface area contributed by atoms with E-state index < -0.39 is 71.7 Å². The van der Waals surface area contributed by atoms with Crippen LogP contribution in [0.4, 0.5) is 30.7 Å². The van der Waals surface area contributed by atoms with Crippen LogP contribution in [0.1, 0.15) is 35.8 Å². The van der Waals surface area contributed by atoms with E-state index >= 15 is 0 Å². The van der Waals surface area contributed by atoms with Crippen LogP contribution in [-0.2, 0) is 21.4 Å². The zero-order chi connectivity index (χ0) is 18.9. The van der Waals surface area contributed by atoms with Crippen LogP contribution in [0.25, 0.3) is 0 Å². The average molecular weight is 387 g/mol. The molecule has 2 heterocycles. The number of aromatic nitrogens is 1. The molecule has 1 aromatic rings. The summed E-state index contributed by atoms with van der Waals surface area (Å²) in [6.07, 6.45) is -11.9. The number of pyridine rings is 1. The smallest absolute Gasteiger partial charge is 0.433 e. The Bertz CT molecular complexity index is 725. The number of alkyl halides is 7. The normalized spacial score (nSPS) is 29.7. The molecule has 3 aliphatic rings. The first kappa shape index (κ1) is 17.8. The van der Waals surface area contributed by atoms with Crippen molar-refractivity contribution in [2.24, 2.45) is 0 Å². The van der Waals surface area contributed by atoms with Crippen molar-refractivity contribution in [3.8, 4) is 5.75 Å². The molecule has 0 aromatic carbocycles. The Kier molecular flexibility index (Phi) is 3.72. The lowest BCUT2D eigenvalue weighted by Gasteiger charge is -2.35. The standard InChI is InChI=1S/C15H12F7NO3/c16-10-8-7(26-6-3-13(18,19)4-6)5-23-12(15(20,21)22)9(8)14(11(10)17)24-1-2-25-14/h5-6,10-11H,1-4H2/t10-,11-/m1/s1. The van der Waals surface area contributed by atoms with Crippen LogP contribution in [0, 0.1) is 0 Å². The van der Waals surface area contributed by atoms with Crippen LogP contribution in [0.15, 0.2) is 6.20 Å². The molecule has 1 saturated heterocycles. The fourth-order valence-corrected chi connectivity index (χ4v) is 3.52. The maximum Gasteiger partial charge on any atom is 0.433 e. The minimum atomic E-state index is -5.03. The third kappa shape index (κ3) is 2.47. The first-order valence-electron chi connectivity index (χ1n) is 7.76. The summed E-state index contributed by atoms with van der Waals surface area (Å²) in [5.74, 6) is -6.04. The van der Waals surface area contributed by atoms with Gasteiger partial charge in [0.1, 0.15) is 11.9 Å². The van der Waals surface area contributed by atoms with Gasteiger partial charge in [0.05, 0.1) is 25.0 Å². The highest BCUT2D eigenvalue weighted by atomic mass is 19.4. The minimum Gasteiger partial charge on any atom is -0.488 e. The number of nitrogens with zero attached hydrogens (tertiary/aromatic N) is 1. The number of halogens is 7. The summed E-state index contributed by atoms with van der Waals surface area (Å²) in [5, 5.41) is 0. The zero-order valence-corrected chi connectivity index (χ0v) is 13.0. The van der Waals surface area contributed by atoms with E-state index in [1.165, 1.54) is 0 Å². The van der Waals surface area contributed by atoms with Crippen LogP contribution >= 0.6 is 0 Å². The summed E-state index contributed by atoms with van der Waals surface area (Å²) in [4.78, 5) is 3.23. The van der Waals surface area contributed by atoms with Gasteiger partial charge in [-0.15, -0.1) is 0 Å². The van der Waals surface area contributed by atoms with Crippen molar-refractivity contribution in [1.29, 1.82) is 0 Å². The minimum absolute atomic E-state index is 0.232. The van der Waals surface area contributed by atoms with E-state index in [0.29, 0.717) is 6.20 Å². The molecule has 1 spiro atoms. The van der Waals surface area contributed by atoms with Crippen molar-refractivity contribution in [3.63, 3.8) is 0 Å². The molecule has 4 rings (SSSR count). The number of hydrogen-bond acceptors (Lipinski definition) is 4. The van der Waals surface area contributed by atoms with Gasteiger partial charge in [-0.25, -0.2) is 22.5 Å². The molecule has 0 unspecified atom stereocenters. The predicted molar refractivity (Wildman–Crippen MR) is 70.2 cm³/mol. The van der Waals surface area contributed by atoms with Gasteiger partial charge in [-0.05, 0) is 0 Å². The summed E-state index contributed by atoms with van der Waals surface area (Å²) in [6.45, 7) is -0.465. The Balaban J connectivity index is 1.82. The van der Waals surface area contributed by atoms with E-state index in [1.54, 1.807) is 0 Å². The Morgan fingerprint density at radius 1 is 1.12 bits per heavy atom. The summed E-state index contributed by atoms with van der Waals surface area (Å²) < 4.78 is 110. The van der Waals surface area contributed by atoms with Crippen molar-refractivity contribution in [1.82, 2.24) is 4.98 Å². The van der Waals surface area contributed by atoms with Gasteiger partial charge in [0.2, 0.25) is 5.79 Å². The molecular weight excluding hydrogens is 375 g/mol. The summed E-state index contributed by atoms with van der Waals surface area (Å²) in [6, 6.07) is 0. The highest BCUT2D eigenvalue weighted by molar-refractivity contribution is 5.52. The van der Waals surface area contributed by atoms with E-state index in [0.717, 1.165) is 0 Å². The first-order chi connectivity index (χ1) is 12.1. The fourth-order valence-electron chi connectivity index (χ4n) is 3.52. The Morgan fingerprint density at radius 3 is 2.27 bits per heavy atom. The molecule has 1 aromatic heterocycles. The van der Waals surface area contributed by atoms with Crippen LogP contribution < -0.4 is 4.74 Å². The number of hydrogen-bond donors (Lipinski definition) is 0. The van der Waals surface area contributed by atoms with Crippen molar-refractivity contribution >= 4 is 0 Å². The van der Waals surface area contributed by atoms with Gasteiger partial charge < -0.3 is 14.2 Å². The maximum atomic E-state index is 14.6. The molecule has 26 heavy (non-hydrogen) atoms. The van der Waals surface area contributed by atoms with Gasteiger partial charge in [-0.1, -0.05) is 0 Å². The van der Waals surface area contributed by atoms with Crippen molar-refractivity contribution < 1.29 is 44.9 Å². The molecule has 11 heteroatoms. The molecular formula is C15H12F7NO3. The number of rotatable bonds is 2. The average Bonchev–Trinajstić information content (AvgIpc) is 3.07. The lowest BCUT2D eigenvalue weighted by molar-refractivity contribution is -0.217. The van der Waals surface area contributed by atoms with E-state index in [1.807, 2.05) is 0 Å². The number of fused-ring (bicyclic) bond motifs is 2. The molecule has 144 valence electrons. The van der Waals surface area contributed by atoms with E-state index in [2.05, 4.69) is 4.98 Å². The van der Waals surface area contributed by atoms with Gasteiger partial charge in [-0.3, -0.25) is 0 Å². The molecule has 2 fully saturated rings. The van der Waals surface area contributed by atoms with Crippen LogP contribution in [0.2, 0.25) is 0 Å². The topological polar surface area (TPSA) is 40.6 Å². The Labute approximate surface area is 142 Å². The van der Waals surface area contributed by atoms with Crippen molar-refractivity contribution in [2.45, 2.75) is 49.2 Å². The molecule has 2 atom stereocenters. The van der Waals surface area contributed by atoms with E-state index in [-0.39, 0.29) is 13.2 Å². The SMILES string of the molecule is F[C@@H]1c2c(OC3CC(F)(F)C3)cnc(C(F)(F)F)c2C2(OCCO2)[C@@H]1F. The Morgan fingerprint density at radius 2 is 1.73 bits per heavy atom. The summed E-state index contributed by atoms with van der Waals surface area (Å²) >= 11 is 0. The molecule has 4 nitrogen and oxygen atoms in total. The highest BCUT2D eigenvalue weighted by Gasteiger charge is 2.63. The van der Waals surface area contributed by atoms with Gasteiger partial charge >= 0.3 is 6.18 Å². The molecule has 0 bridgehead atoms.